The number of hydrogen-bond donors (Lipinski definition) is 1. The molecule has 0 atom stereocenters. The Kier molecular flexibility index (Phi) is 7.63. The third kappa shape index (κ3) is 6.32. The van der Waals surface area contributed by atoms with Crippen LogP contribution in [0.1, 0.15) is 12.0 Å². The first-order valence-electron chi connectivity index (χ1n) is 7.54. The monoisotopic (exact) mass is 378 g/mol. The van der Waals surface area contributed by atoms with E-state index in [1.807, 2.05) is 24.3 Å². The van der Waals surface area contributed by atoms with Gasteiger partial charge >= 0.3 is 0 Å². The molecular weight excluding hydrogens is 360 g/mol. The molecule has 7 heteroatoms. The topological polar surface area (TPSA) is 59.9 Å². The molecule has 0 aromatic heterocycles. The molecule has 1 N–H and O–H groups in total. The van der Waals surface area contributed by atoms with Gasteiger partial charge in [-0.1, -0.05) is 11.6 Å². The number of thioether (sulfide) groups is 1. The van der Waals surface area contributed by atoms with Crippen molar-refractivity contribution >= 4 is 35.5 Å². The largest absolute Gasteiger partial charge is 0.497 e. The third-order valence-electron chi connectivity index (χ3n) is 3.24. The number of carbonyl (C=O) groups excluding carboxylic acids is 1. The number of halogens is 1. The molecule has 0 fully saturated rings. The fourth-order valence-corrected chi connectivity index (χ4v) is 2.94. The number of nitrogens with one attached hydrogen (secondary N) is 1. The summed E-state index contributed by atoms with van der Waals surface area (Å²) in [5.74, 6) is 1.84. The predicted octanol–water partition coefficient (Wildman–Crippen LogP) is 3.99. The second-order valence-corrected chi connectivity index (χ2v) is 6.56. The lowest BCUT2D eigenvalue weighted by Crippen LogP contribution is -2.17. The van der Waals surface area contributed by atoms with Crippen molar-refractivity contribution in [1.29, 1.82) is 0 Å². The van der Waals surface area contributed by atoms with Crippen molar-refractivity contribution in [3.8, 4) is 11.5 Å². The van der Waals surface area contributed by atoms with E-state index < -0.39 is 0 Å². The second kappa shape index (κ2) is 9.96. The van der Waals surface area contributed by atoms with Crippen molar-refractivity contribution in [2.75, 3.05) is 20.0 Å². The highest BCUT2D eigenvalue weighted by molar-refractivity contribution is 7.99. The average Bonchev–Trinajstić information content (AvgIpc) is 2.63. The normalized spacial score (nSPS) is 10.7. The van der Waals surface area contributed by atoms with E-state index in [4.69, 9.17) is 21.1 Å². The van der Waals surface area contributed by atoms with Gasteiger partial charge in [0, 0.05) is 27.7 Å². The number of nitrogens with zero attached hydrogens (tertiary/aromatic N) is 1. The van der Waals surface area contributed by atoms with E-state index in [9.17, 15) is 4.79 Å². The minimum atomic E-state index is -0.153. The lowest BCUT2D eigenvalue weighted by Gasteiger charge is -2.06. The molecule has 0 unspecified atom stereocenters. The number of ether oxygens (including phenoxy) is 2. The summed E-state index contributed by atoms with van der Waals surface area (Å²) in [7, 11) is 3.16. The van der Waals surface area contributed by atoms with E-state index in [-0.39, 0.29) is 5.91 Å². The van der Waals surface area contributed by atoms with Crippen LogP contribution in [0, 0.1) is 0 Å². The first-order chi connectivity index (χ1) is 12.1. The first-order valence-corrected chi connectivity index (χ1v) is 8.91. The number of hydrogen-bond acceptors (Lipinski definition) is 5. The Morgan fingerprint density at radius 3 is 2.64 bits per heavy atom. The van der Waals surface area contributed by atoms with E-state index in [1.54, 1.807) is 44.2 Å². The summed E-state index contributed by atoms with van der Waals surface area (Å²) in [6, 6.07) is 12.9. The molecule has 1 amide bonds. The maximum Gasteiger partial charge on any atom is 0.240 e. The fourth-order valence-electron chi connectivity index (χ4n) is 1.96. The van der Waals surface area contributed by atoms with E-state index in [0.29, 0.717) is 28.7 Å². The summed E-state index contributed by atoms with van der Waals surface area (Å²) in [6.45, 7) is 0. The Balaban J connectivity index is 1.81. The van der Waals surface area contributed by atoms with Crippen LogP contribution in [0.4, 0.5) is 0 Å². The number of methoxy groups -OCH3 is 2. The van der Waals surface area contributed by atoms with E-state index in [2.05, 4.69) is 10.5 Å². The number of benzene rings is 2. The molecule has 132 valence electrons. The molecule has 2 rings (SSSR count). The molecule has 2 aromatic carbocycles. The van der Waals surface area contributed by atoms with Crippen LogP contribution in [0.25, 0.3) is 0 Å². The quantitative estimate of drug-likeness (QED) is 0.428. The van der Waals surface area contributed by atoms with Crippen LogP contribution in [-0.2, 0) is 4.79 Å². The molecule has 0 saturated carbocycles. The third-order valence-corrected chi connectivity index (χ3v) is 4.51. The molecule has 0 radical (unpaired) electrons. The van der Waals surface area contributed by atoms with Crippen molar-refractivity contribution < 1.29 is 14.3 Å². The molecular formula is C18H19ClN2O3S. The highest BCUT2D eigenvalue weighted by Crippen LogP contribution is 2.22. The van der Waals surface area contributed by atoms with Crippen molar-refractivity contribution in [2.24, 2.45) is 5.10 Å². The molecule has 0 aliphatic rings. The molecule has 2 aromatic rings. The molecule has 0 spiro atoms. The Hall–Kier alpha value is -2.18. The van der Waals surface area contributed by atoms with Gasteiger partial charge in [-0.3, -0.25) is 4.79 Å². The van der Waals surface area contributed by atoms with Gasteiger partial charge in [-0.05, 0) is 42.5 Å². The summed E-state index contributed by atoms with van der Waals surface area (Å²) in [5, 5.41) is 4.67. The highest BCUT2D eigenvalue weighted by atomic mass is 35.5. The van der Waals surface area contributed by atoms with E-state index in [1.165, 1.54) is 6.21 Å². The molecule has 0 aliphatic carbocycles. The zero-order valence-electron chi connectivity index (χ0n) is 14.0. The van der Waals surface area contributed by atoms with Gasteiger partial charge in [0.1, 0.15) is 11.5 Å². The zero-order chi connectivity index (χ0) is 18.1. The number of amides is 1. The molecule has 0 saturated heterocycles. The molecule has 0 heterocycles. The van der Waals surface area contributed by atoms with Gasteiger partial charge in [-0.25, -0.2) is 5.43 Å². The summed E-state index contributed by atoms with van der Waals surface area (Å²) in [5.41, 5.74) is 3.24. The number of hydrazone groups is 1. The van der Waals surface area contributed by atoms with Crippen LogP contribution >= 0.6 is 23.4 Å². The Labute approximate surface area is 156 Å². The van der Waals surface area contributed by atoms with Crippen LogP contribution in [0.15, 0.2) is 52.5 Å². The minimum Gasteiger partial charge on any atom is -0.497 e. The summed E-state index contributed by atoms with van der Waals surface area (Å²) in [4.78, 5) is 12.9. The zero-order valence-corrected chi connectivity index (χ0v) is 15.6. The minimum absolute atomic E-state index is 0.153. The highest BCUT2D eigenvalue weighted by Gasteiger charge is 2.04. The number of carbonyl (C=O) groups is 1. The summed E-state index contributed by atoms with van der Waals surface area (Å²) < 4.78 is 10.4. The van der Waals surface area contributed by atoms with Crippen LogP contribution < -0.4 is 14.9 Å². The maximum absolute atomic E-state index is 11.8. The van der Waals surface area contributed by atoms with Crippen LogP contribution in [-0.4, -0.2) is 32.1 Å². The molecule has 25 heavy (non-hydrogen) atoms. The van der Waals surface area contributed by atoms with Gasteiger partial charge in [-0.2, -0.15) is 5.10 Å². The van der Waals surface area contributed by atoms with Gasteiger partial charge in [0.15, 0.2) is 0 Å². The standard InChI is InChI=1S/C18H19ClN2O3S/c1-23-15-5-8-17(24-2)13(11-15)12-20-21-18(22)9-10-25-16-6-3-14(19)4-7-16/h3-8,11-12H,9-10H2,1-2H3,(H,21,22)/b20-12-. The van der Waals surface area contributed by atoms with Crippen LogP contribution in [0.3, 0.4) is 0 Å². The predicted molar refractivity (Wildman–Crippen MR) is 102 cm³/mol. The molecule has 0 aliphatic heterocycles. The van der Waals surface area contributed by atoms with Crippen molar-refractivity contribution in [3.05, 3.63) is 53.1 Å². The average molecular weight is 379 g/mol. The summed E-state index contributed by atoms with van der Waals surface area (Å²) >= 11 is 7.43. The molecule has 0 bridgehead atoms. The Morgan fingerprint density at radius 2 is 1.96 bits per heavy atom. The van der Waals surface area contributed by atoms with Crippen molar-refractivity contribution in [1.82, 2.24) is 5.43 Å². The van der Waals surface area contributed by atoms with Gasteiger partial charge in [0.25, 0.3) is 0 Å². The second-order valence-electron chi connectivity index (χ2n) is 4.95. The van der Waals surface area contributed by atoms with Gasteiger partial charge < -0.3 is 9.47 Å². The van der Waals surface area contributed by atoms with E-state index >= 15 is 0 Å². The van der Waals surface area contributed by atoms with Crippen molar-refractivity contribution in [3.63, 3.8) is 0 Å². The van der Waals surface area contributed by atoms with Gasteiger partial charge in [0.05, 0.1) is 20.4 Å². The summed E-state index contributed by atoms with van der Waals surface area (Å²) in [6.07, 6.45) is 1.89. The fraction of sp³-hybridized carbons (Fsp3) is 0.222. The Bertz CT molecular complexity index is 736. The number of rotatable bonds is 8. The van der Waals surface area contributed by atoms with Gasteiger partial charge in [-0.15, -0.1) is 11.8 Å². The van der Waals surface area contributed by atoms with Crippen LogP contribution in [0.5, 0.6) is 11.5 Å². The SMILES string of the molecule is COc1ccc(OC)c(/C=N\NC(=O)CCSc2ccc(Cl)cc2)c1. The first kappa shape index (κ1) is 19.1. The smallest absolute Gasteiger partial charge is 0.240 e. The van der Waals surface area contributed by atoms with E-state index in [0.717, 1.165) is 10.5 Å². The Morgan fingerprint density at radius 1 is 1.20 bits per heavy atom. The van der Waals surface area contributed by atoms with Gasteiger partial charge in [0.2, 0.25) is 5.91 Å². The van der Waals surface area contributed by atoms with Crippen LogP contribution in [0.2, 0.25) is 5.02 Å². The van der Waals surface area contributed by atoms with Crippen molar-refractivity contribution in [2.45, 2.75) is 11.3 Å². The maximum atomic E-state index is 11.8. The molecule has 5 nitrogen and oxygen atoms in total. The lowest BCUT2D eigenvalue weighted by molar-refractivity contribution is -0.120. The lowest BCUT2D eigenvalue weighted by atomic mass is 10.2.